The number of benzene rings is 2. The van der Waals surface area contributed by atoms with E-state index in [4.69, 9.17) is 0 Å². The molecule has 0 atom stereocenters. The summed E-state index contributed by atoms with van der Waals surface area (Å²) in [4.78, 5) is 12.3. The van der Waals surface area contributed by atoms with Crippen LogP contribution in [0.1, 0.15) is 28.7 Å². The Bertz CT molecular complexity index is 771. The maximum absolute atomic E-state index is 12.3. The minimum atomic E-state index is 0.0376. The van der Waals surface area contributed by atoms with Crippen molar-refractivity contribution in [3.05, 3.63) is 64.7 Å². The topological polar surface area (TPSA) is 29.1 Å². The highest BCUT2D eigenvalue weighted by molar-refractivity contribution is 6.37. The standard InChI is InChI=1S/C18H15NO/c1-11-6-7-12-8-9-13(15(12)10-11)17-14-4-2-3-5-16(14)19-18(17)20/h2-7,10H,8-9H2,1H3,(H,19,20)/b17-13-. The SMILES string of the molecule is Cc1ccc2c(c1)/C(=C1\C(=O)Nc3ccccc31)CC2. The van der Waals surface area contributed by atoms with Crippen LogP contribution in [0.25, 0.3) is 11.1 Å². The Morgan fingerprint density at radius 3 is 2.75 bits per heavy atom. The van der Waals surface area contributed by atoms with Crippen LogP contribution in [0, 0.1) is 6.92 Å². The van der Waals surface area contributed by atoms with Crippen LogP contribution >= 0.6 is 0 Å². The average molecular weight is 261 g/mol. The van der Waals surface area contributed by atoms with Gasteiger partial charge in [0.1, 0.15) is 0 Å². The minimum absolute atomic E-state index is 0.0376. The molecule has 0 saturated heterocycles. The van der Waals surface area contributed by atoms with E-state index < -0.39 is 0 Å². The van der Waals surface area contributed by atoms with Crippen molar-refractivity contribution in [1.82, 2.24) is 0 Å². The van der Waals surface area contributed by atoms with Gasteiger partial charge in [-0.2, -0.15) is 0 Å². The van der Waals surface area contributed by atoms with E-state index in [0.717, 1.165) is 29.7 Å². The summed E-state index contributed by atoms with van der Waals surface area (Å²) in [5, 5.41) is 2.97. The Labute approximate surface area is 118 Å². The number of hydrogen-bond acceptors (Lipinski definition) is 1. The molecular formula is C18H15NO. The van der Waals surface area contributed by atoms with E-state index in [1.165, 1.54) is 22.3 Å². The summed E-state index contributed by atoms with van der Waals surface area (Å²) in [6.45, 7) is 2.10. The van der Waals surface area contributed by atoms with Crippen molar-refractivity contribution in [2.24, 2.45) is 0 Å². The highest BCUT2D eigenvalue weighted by Gasteiger charge is 2.30. The molecule has 0 unspecified atom stereocenters. The van der Waals surface area contributed by atoms with Gasteiger partial charge in [-0.05, 0) is 42.5 Å². The number of amides is 1. The number of nitrogens with one attached hydrogen (secondary N) is 1. The summed E-state index contributed by atoms with van der Waals surface area (Å²) in [6.07, 6.45) is 1.99. The molecule has 1 aliphatic heterocycles. The number of aryl methyl sites for hydroxylation is 2. The molecule has 98 valence electrons. The molecule has 0 radical (unpaired) electrons. The summed E-state index contributed by atoms with van der Waals surface area (Å²) in [7, 11) is 0. The Morgan fingerprint density at radius 1 is 1.00 bits per heavy atom. The van der Waals surface area contributed by atoms with Crippen molar-refractivity contribution in [1.29, 1.82) is 0 Å². The van der Waals surface area contributed by atoms with Gasteiger partial charge in [0.05, 0.1) is 5.57 Å². The lowest BCUT2D eigenvalue weighted by molar-refractivity contribution is -0.110. The molecule has 1 N–H and O–H groups in total. The maximum atomic E-state index is 12.3. The Morgan fingerprint density at radius 2 is 1.85 bits per heavy atom. The number of hydrogen-bond donors (Lipinski definition) is 1. The zero-order valence-corrected chi connectivity index (χ0v) is 11.4. The maximum Gasteiger partial charge on any atom is 0.256 e. The molecule has 4 rings (SSSR count). The fourth-order valence-electron chi connectivity index (χ4n) is 3.26. The quantitative estimate of drug-likeness (QED) is 0.718. The molecule has 0 bridgehead atoms. The first-order valence-corrected chi connectivity index (χ1v) is 6.98. The van der Waals surface area contributed by atoms with Crippen LogP contribution in [0.15, 0.2) is 42.5 Å². The number of para-hydroxylation sites is 1. The number of rotatable bonds is 0. The predicted octanol–water partition coefficient (Wildman–Crippen LogP) is 3.80. The second-order valence-electron chi connectivity index (χ2n) is 5.51. The van der Waals surface area contributed by atoms with Crippen molar-refractivity contribution in [2.75, 3.05) is 5.32 Å². The summed E-state index contributed by atoms with van der Waals surface area (Å²) in [6, 6.07) is 14.5. The zero-order valence-electron chi connectivity index (χ0n) is 11.4. The van der Waals surface area contributed by atoms with Crippen LogP contribution in [0.2, 0.25) is 0 Å². The molecule has 1 aliphatic carbocycles. The van der Waals surface area contributed by atoms with Gasteiger partial charge in [-0.1, -0.05) is 42.0 Å². The lowest BCUT2D eigenvalue weighted by Gasteiger charge is -2.06. The molecule has 0 spiro atoms. The Hall–Kier alpha value is -2.35. The summed E-state index contributed by atoms with van der Waals surface area (Å²) in [5.41, 5.74) is 7.90. The lowest BCUT2D eigenvalue weighted by atomic mass is 9.96. The molecule has 2 heteroatoms. The van der Waals surface area contributed by atoms with Gasteiger partial charge in [0.15, 0.2) is 0 Å². The fourth-order valence-corrected chi connectivity index (χ4v) is 3.26. The molecule has 2 aliphatic rings. The van der Waals surface area contributed by atoms with Gasteiger partial charge >= 0.3 is 0 Å². The molecule has 2 aromatic carbocycles. The smallest absolute Gasteiger partial charge is 0.256 e. The number of carbonyl (C=O) groups excluding carboxylic acids is 1. The third kappa shape index (κ3) is 1.54. The molecule has 1 heterocycles. The van der Waals surface area contributed by atoms with E-state index in [1.54, 1.807) is 0 Å². The van der Waals surface area contributed by atoms with Crippen LogP contribution in [0.3, 0.4) is 0 Å². The minimum Gasteiger partial charge on any atom is -0.321 e. The van der Waals surface area contributed by atoms with Crippen LogP contribution in [-0.2, 0) is 11.2 Å². The lowest BCUT2D eigenvalue weighted by Crippen LogP contribution is -2.05. The molecule has 2 nitrogen and oxygen atoms in total. The molecular weight excluding hydrogens is 246 g/mol. The molecule has 0 saturated carbocycles. The Balaban J connectivity index is 1.98. The van der Waals surface area contributed by atoms with E-state index in [1.807, 2.05) is 24.3 Å². The van der Waals surface area contributed by atoms with Crippen molar-refractivity contribution in [2.45, 2.75) is 19.8 Å². The van der Waals surface area contributed by atoms with Gasteiger partial charge in [0, 0.05) is 11.3 Å². The number of allylic oxidation sites excluding steroid dienone is 1. The van der Waals surface area contributed by atoms with Crippen molar-refractivity contribution in [3.8, 4) is 0 Å². The van der Waals surface area contributed by atoms with Gasteiger partial charge in [-0.3, -0.25) is 4.79 Å². The summed E-state index contributed by atoms with van der Waals surface area (Å²) < 4.78 is 0. The van der Waals surface area contributed by atoms with Crippen molar-refractivity contribution in [3.63, 3.8) is 0 Å². The second-order valence-corrected chi connectivity index (χ2v) is 5.51. The molecule has 0 fully saturated rings. The first-order valence-electron chi connectivity index (χ1n) is 6.98. The second kappa shape index (κ2) is 4.07. The summed E-state index contributed by atoms with van der Waals surface area (Å²) in [5.74, 6) is 0.0376. The van der Waals surface area contributed by atoms with Crippen LogP contribution < -0.4 is 5.32 Å². The van der Waals surface area contributed by atoms with E-state index in [9.17, 15) is 4.79 Å². The van der Waals surface area contributed by atoms with Gasteiger partial charge in [-0.15, -0.1) is 0 Å². The highest BCUT2D eigenvalue weighted by Crippen LogP contribution is 2.42. The first kappa shape index (κ1) is 11.5. The average Bonchev–Trinajstić information content (AvgIpc) is 2.98. The van der Waals surface area contributed by atoms with Gasteiger partial charge in [0.25, 0.3) is 5.91 Å². The van der Waals surface area contributed by atoms with E-state index in [0.29, 0.717) is 0 Å². The fraction of sp³-hybridized carbons (Fsp3) is 0.167. The van der Waals surface area contributed by atoms with Crippen LogP contribution in [-0.4, -0.2) is 5.91 Å². The first-order chi connectivity index (χ1) is 9.74. The molecule has 20 heavy (non-hydrogen) atoms. The largest absolute Gasteiger partial charge is 0.321 e. The van der Waals surface area contributed by atoms with Gasteiger partial charge < -0.3 is 5.32 Å². The van der Waals surface area contributed by atoms with Gasteiger partial charge in [0.2, 0.25) is 0 Å². The van der Waals surface area contributed by atoms with Crippen LogP contribution in [0.4, 0.5) is 5.69 Å². The van der Waals surface area contributed by atoms with E-state index >= 15 is 0 Å². The number of anilines is 1. The molecule has 2 aromatic rings. The van der Waals surface area contributed by atoms with Gasteiger partial charge in [-0.25, -0.2) is 0 Å². The summed E-state index contributed by atoms with van der Waals surface area (Å²) >= 11 is 0. The zero-order chi connectivity index (χ0) is 13.7. The number of fused-ring (bicyclic) bond motifs is 2. The van der Waals surface area contributed by atoms with Crippen molar-refractivity contribution < 1.29 is 4.79 Å². The normalized spacial score (nSPS) is 19.8. The van der Waals surface area contributed by atoms with E-state index in [-0.39, 0.29) is 5.91 Å². The molecule has 0 aromatic heterocycles. The number of carbonyl (C=O) groups is 1. The third-order valence-electron chi connectivity index (χ3n) is 4.21. The molecule has 1 amide bonds. The van der Waals surface area contributed by atoms with Crippen LogP contribution in [0.5, 0.6) is 0 Å². The monoisotopic (exact) mass is 261 g/mol. The highest BCUT2D eigenvalue weighted by atomic mass is 16.2. The van der Waals surface area contributed by atoms with Crippen molar-refractivity contribution >= 4 is 22.7 Å². The third-order valence-corrected chi connectivity index (χ3v) is 4.21. The Kier molecular flexibility index (Phi) is 2.34. The van der Waals surface area contributed by atoms with E-state index in [2.05, 4.69) is 30.4 Å². The predicted molar refractivity (Wildman–Crippen MR) is 81.4 cm³/mol.